The van der Waals surface area contributed by atoms with Crippen molar-refractivity contribution in [3.8, 4) is 0 Å². The summed E-state index contributed by atoms with van der Waals surface area (Å²) < 4.78 is 0. The zero-order valence-corrected chi connectivity index (χ0v) is 34.4. The molecule has 15 nitrogen and oxygen atoms in total. The van der Waals surface area contributed by atoms with Crippen molar-refractivity contribution < 1.29 is 33.9 Å². The first-order chi connectivity index (χ1) is 28.1. The van der Waals surface area contributed by atoms with Crippen molar-refractivity contribution in [1.82, 2.24) is 36.6 Å². The summed E-state index contributed by atoms with van der Waals surface area (Å²) in [5.41, 5.74) is 7.80. The molecule has 0 saturated heterocycles. The highest BCUT2D eigenvalue weighted by molar-refractivity contribution is 5.94. The molecule has 59 heavy (non-hydrogen) atoms. The minimum Gasteiger partial charge on any atom is -0.390 e. The Labute approximate surface area is 345 Å². The lowest BCUT2D eigenvalue weighted by Gasteiger charge is -2.29. The molecule has 0 aliphatic heterocycles. The van der Waals surface area contributed by atoms with Crippen molar-refractivity contribution >= 4 is 46.2 Å². The second kappa shape index (κ2) is 22.2. The molecule has 6 atom stereocenters. The number of fused-ring (bicyclic) bond motifs is 1. The highest BCUT2D eigenvalue weighted by Gasteiger charge is 2.33. The van der Waals surface area contributed by atoms with Crippen LogP contribution in [0, 0.1) is 11.8 Å². The van der Waals surface area contributed by atoms with Crippen molar-refractivity contribution in [2.24, 2.45) is 17.6 Å². The quantitative estimate of drug-likeness (QED) is 0.0585. The number of imidazole rings is 1. The van der Waals surface area contributed by atoms with Gasteiger partial charge in [-0.2, -0.15) is 0 Å². The van der Waals surface area contributed by atoms with Crippen molar-refractivity contribution in [1.29, 1.82) is 0 Å². The van der Waals surface area contributed by atoms with Crippen LogP contribution in [0.3, 0.4) is 0 Å². The van der Waals surface area contributed by atoms with E-state index in [0.717, 1.165) is 21.9 Å². The van der Waals surface area contributed by atoms with E-state index in [9.17, 15) is 33.9 Å². The van der Waals surface area contributed by atoms with Gasteiger partial charge in [0.15, 0.2) is 0 Å². The monoisotopic (exact) mass is 810 g/mol. The maximum atomic E-state index is 14.1. The van der Waals surface area contributed by atoms with Gasteiger partial charge in [0.2, 0.25) is 35.4 Å². The number of nitrogens with zero attached hydrogens (tertiary/aromatic N) is 1. The second-order valence-corrected chi connectivity index (χ2v) is 15.9. The minimum absolute atomic E-state index is 0.00613. The number of H-pyrrole nitrogens is 1. The Balaban J connectivity index is 1.48. The van der Waals surface area contributed by atoms with Gasteiger partial charge in [-0.1, -0.05) is 100 Å². The number of nitrogens with one attached hydrogen (secondary N) is 6. The van der Waals surface area contributed by atoms with E-state index >= 15 is 0 Å². The number of carbonyl (C=O) groups excluding carboxylic acids is 6. The summed E-state index contributed by atoms with van der Waals surface area (Å²) in [5, 5.41) is 27.1. The Kier molecular flexibility index (Phi) is 17.1. The van der Waals surface area contributed by atoms with Gasteiger partial charge in [-0.25, -0.2) is 4.98 Å². The first kappa shape index (κ1) is 45.6. The molecule has 9 N–H and O–H groups in total. The molecule has 316 valence electrons. The fourth-order valence-corrected chi connectivity index (χ4v) is 6.98. The van der Waals surface area contributed by atoms with Crippen LogP contribution in [-0.2, 0) is 48.0 Å². The first-order valence-corrected chi connectivity index (χ1v) is 20.0. The number of benzene rings is 3. The SMILES string of the molecule is CC(=O)N[C@@H](Cc1cccc2ccccc12)C(=O)N[C@@H](Cc1cnc[nH]1)C(=O)N[C@@H](CC(C)C)[C@@H](O)CC(=O)N[C@@H](CC(C)C)C(=O)N[C@@H](Cc1ccccc1)C(N)=O. The molecule has 0 radical (unpaired) electrons. The third kappa shape index (κ3) is 14.7. The number of primary amides is 1. The van der Waals surface area contributed by atoms with E-state index in [4.69, 9.17) is 5.73 Å². The number of aromatic amines is 1. The molecule has 0 saturated carbocycles. The normalized spacial score (nSPS) is 14.4. The van der Waals surface area contributed by atoms with Gasteiger partial charge >= 0.3 is 0 Å². The average Bonchev–Trinajstić information content (AvgIpc) is 3.69. The maximum absolute atomic E-state index is 14.1. The molecule has 15 heteroatoms. The van der Waals surface area contributed by atoms with E-state index in [1.54, 1.807) is 0 Å². The van der Waals surface area contributed by atoms with Crippen LogP contribution in [0.25, 0.3) is 10.8 Å². The lowest BCUT2D eigenvalue weighted by atomic mass is 9.95. The average molecular weight is 811 g/mol. The van der Waals surface area contributed by atoms with Crippen molar-refractivity contribution in [3.05, 3.63) is 102 Å². The van der Waals surface area contributed by atoms with Crippen molar-refractivity contribution in [2.75, 3.05) is 0 Å². The predicted molar refractivity (Wildman–Crippen MR) is 224 cm³/mol. The molecule has 1 heterocycles. The number of aliphatic hydroxyl groups is 1. The molecular formula is C44H58N8O7. The van der Waals surface area contributed by atoms with E-state index in [2.05, 4.69) is 36.6 Å². The summed E-state index contributed by atoms with van der Waals surface area (Å²) in [6.07, 6.45) is 1.96. The number of nitrogens with two attached hydrogens (primary N) is 1. The molecule has 0 spiro atoms. The zero-order chi connectivity index (χ0) is 43.1. The molecule has 0 fully saturated rings. The van der Waals surface area contributed by atoms with Gasteiger partial charge in [0, 0.05) is 38.1 Å². The number of carbonyl (C=O) groups is 6. The molecule has 4 aromatic rings. The Hall–Kier alpha value is -6.09. The molecule has 0 unspecified atom stereocenters. The number of aromatic nitrogens is 2. The van der Waals surface area contributed by atoms with E-state index < -0.39 is 78.2 Å². The van der Waals surface area contributed by atoms with Gasteiger partial charge in [0.1, 0.15) is 24.2 Å². The third-order valence-electron chi connectivity index (χ3n) is 9.82. The van der Waals surface area contributed by atoms with Crippen LogP contribution in [0.4, 0.5) is 0 Å². The van der Waals surface area contributed by atoms with E-state index in [-0.39, 0.29) is 43.9 Å². The molecule has 3 aromatic carbocycles. The number of rotatable bonds is 22. The van der Waals surface area contributed by atoms with Gasteiger partial charge in [0.05, 0.1) is 24.9 Å². The standard InChI is InChI=1S/C44H58N8O7/c1-26(2)18-34(39(54)23-40(55)49-36(19-27(3)4)42(57)51-35(41(45)56)20-29-12-7-6-8-13-29)50-44(59)38(22-32-24-46-25-47-32)52-43(58)37(48-28(5)53)21-31-16-11-15-30-14-9-10-17-33(30)31/h6-17,24-27,34-39,54H,18-23H2,1-5H3,(H2,45,56)(H,46,47)(H,48,53)(H,49,55)(H,50,59)(H,51,57)(H,52,58)/t34-,35-,36-,37-,38-,39-/m0/s1. The first-order valence-electron chi connectivity index (χ1n) is 20.0. The van der Waals surface area contributed by atoms with Crippen LogP contribution < -0.4 is 32.3 Å². The number of hydrogen-bond acceptors (Lipinski definition) is 8. The smallest absolute Gasteiger partial charge is 0.243 e. The van der Waals surface area contributed by atoms with Crippen LogP contribution >= 0.6 is 0 Å². The predicted octanol–water partition coefficient (Wildman–Crippen LogP) is 2.36. The summed E-state index contributed by atoms with van der Waals surface area (Å²) in [5.74, 6) is -3.66. The van der Waals surface area contributed by atoms with Gasteiger partial charge < -0.3 is 42.4 Å². The topological polar surface area (TPSA) is 237 Å². The number of amides is 6. The highest BCUT2D eigenvalue weighted by atomic mass is 16.3. The number of hydrogen-bond donors (Lipinski definition) is 8. The fraction of sp³-hybridized carbons (Fsp3) is 0.432. The summed E-state index contributed by atoms with van der Waals surface area (Å²) in [6, 6.07) is 17.3. The second-order valence-electron chi connectivity index (χ2n) is 15.9. The van der Waals surface area contributed by atoms with Gasteiger partial charge in [-0.15, -0.1) is 0 Å². The zero-order valence-electron chi connectivity index (χ0n) is 34.4. The van der Waals surface area contributed by atoms with Crippen molar-refractivity contribution in [3.63, 3.8) is 0 Å². The minimum atomic E-state index is -1.39. The van der Waals surface area contributed by atoms with Crippen LogP contribution in [0.15, 0.2) is 85.3 Å². The summed E-state index contributed by atoms with van der Waals surface area (Å²) >= 11 is 0. The largest absolute Gasteiger partial charge is 0.390 e. The van der Waals surface area contributed by atoms with Crippen LogP contribution in [0.2, 0.25) is 0 Å². The number of aliphatic hydroxyl groups excluding tert-OH is 1. The molecular weight excluding hydrogens is 753 g/mol. The molecule has 0 bridgehead atoms. The van der Waals surface area contributed by atoms with E-state index in [1.165, 1.54) is 19.4 Å². The summed E-state index contributed by atoms with van der Waals surface area (Å²) in [6.45, 7) is 8.87. The van der Waals surface area contributed by atoms with Gasteiger partial charge in [0.25, 0.3) is 0 Å². The summed E-state index contributed by atoms with van der Waals surface area (Å²) in [7, 11) is 0. The highest BCUT2D eigenvalue weighted by Crippen LogP contribution is 2.20. The molecule has 1 aromatic heterocycles. The van der Waals surface area contributed by atoms with Crippen molar-refractivity contribution in [2.45, 2.75) is 109 Å². The molecule has 0 aliphatic rings. The van der Waals surface area contributed by atoms with E-state index in [0.29, 0.717) is 5.69 Å². The Bertz CT molecular complexity index is 2020. The van der Waals surface area contributed by atoms with E-state index in [1.807, 2.05) is 100 Å². The molecule has 6 amide bonds. The Morgan fingerprint density at radius 3 is 1.93 bits per heavy atom. The fourth-order valence-electron chi connectivity index (χ4n) is 6.98. The van der Waals surface area contributed by atoms with Gasteiger partial charge in [-0.3, -0.25) is 28.8 Å². The lowest BCUT2D eigenvalue weighted by Crippen LogP contribution is -2.57. The van der Waals surface area contributed by atoms with Crippen LogP contribution in [0.1, 0.15) is 70.7 Å². The summed E-state index contributed by atoms with van der Waals surface area (Å²) in [4.78, 5) is 86.6. The van der Waals surface area contributed by atoms with Crippen LogP contribution in [0.5, 0.6) is 0 Å². The Morgan fingerprint density at radius 2 is 1.29 bits per heavy atom. The molecule has 0 aliphatic carbocycles. The maximum Gasteiger partial charge on any atom is 0.243 e. The lowest BCUT2D eigenvalue weighted by molar-refractivity contribution is -0.133. The van der Waals surface area contributed by atoms with Gasteiger partial charge in [-0.05, 0) is 46.6 Å². The van der Waals surface area contributed by atoms with Crippen LogP contribution in [-0.4, -0.2) is 86.8 Å². The Morgan fingerprint density at radius 1 is 0.678 bits per heavy atom. The molecule has 4 rings (SSSR count). The third-order valence-corrected chi connectivity index (χ3v) is 9.82.